The fraction of sp³-hybridized carbons (Fsp3) is 0.286. The number of aromatic amines is 1. The number of para-hydroxylation sites is 1. The Morgan fingerprint density at radius 2 is 2.05 bits per heavy atom. The Hall–Kier alpha value is -2.14. The van der Waals surface area contributed by atoms with Crippen molar-refractivity contribution in [1.29, 1.82) is 0 Å². The number of pyridine rings is 1. The van der Waals surface area contributed by atoms with Crippen LogP contribution in [0.3, 0.4) is 0 Å². The summed E-state index contributed by atoms with van der Waals surface area (Å²) < 4.78 is 0. The minimum absolute atomic E-state index is 0.223. The van der Waals surface area contributed by atoms with Gasteiger partial charge in [0.05, 0.1) is 5.56 Å². The Labute approximate surface area is 110 Å². The third kappa shape index (κ3) is 3.20. The molecule has 0 unspecified atom stereocenters. The standard InChI is InChI=1S/C14H17N3O2/c15-7-3-4-8-16-14(19)11-9-13(18)17-12-6-2-1-5-10(11)12/h1-2,5-6,9H,3-4,7-8,15H2,(H,16,19)(H,17,18). The van der Waals surface area contributed by atoms with Gasteiger partial charge in [0.2, 0.25) is 5.56 Å². The van der Waals surface area contributed by atoms with E-state index in [4.69, 9.17) is 5.73 Å². The smallest absolute Gasteiger partial charge is 0.252 e. The molecular formula is C14H17N3O2. The summed E-state index contributed by atoms with van der Waals surface area (Å²) in [6, 6.07) is 8.59. The molecule has 2 aromatic rings. The zero-order valence-corrected chi connectivity index (χ0v) is 10.6. The maximum atomic E-state index is 12.1. The van der Waals surface area contributed by atoms with Gasteiger partial charge in [0.25, 0.3) is 5.91 Å². The van der Waals surface area contributed by atoms with E-state index >= 15 is 0 Å². The first kappa shape index (κ1) is 13.3. The second-order valence-electron chi connectivity index (χ2n) is 4.34. The maximum Gasteiger partial charge on any atom is 0.252 e. The second kappa shape index (κ2) is 6.15. The zero-order valence-electron chi connectivity index (χ0n) is 10.6. The van der Waals surface area contributed by atoms with Crippen molar-refractivity contribution in [3.63, 3.8) is 0 Å². The van der Waals surface area contributed by atoms with E-state index in [0.29, 0.717) is 24.2 Å². The first-order chi connectivity index (χ1) is 9.22. The molecule has 0 saturated carbocycles. The van der Waals surface area contributed by atoms with E-state index in [1.807, 2.05) is 18.2 Å². The fourth-order valence-corrected chi connectivity index (χ4v) is 1.96. The van der Waals surface area contributed by atoms with E-state index in [0.717, 1.165) is 18.2 Å². The number of nitrogens with one attached hydrogen (secondary N) is 2. The number of rotatable bonds is 5. The van der Waals surface area contributed by atoms with Crippen LogP contribution in [0.5, 0.6) is 0 Å². The van der Waals surface area contributed by atoms with Crippen molar-refractivity contribution in [2.75, 3.05) is 13.1 Å². The van der Waals surface area contributed by atoms with Crippen molar-refractivity contribution >= 4 is 16.8 Å². The number of nitrogens with two attached hydrogens (primary N) is 1. The summed E-state index contributed by atoms with van der Waals surface area (Å²) in [4.78, 5) is 26.3. The molecule has 0 bridgehead atoms. The van der Waals surface area contributed by atoms with Gasteiger partial charge in [-0.1, -0.05) is 18.2 Å². The summed E-state index contributed by atoms with van der Waals surface area (Å²) >= 11 is 0. The minimum Gasteiger partial charge on any atom is -0.352 e. The first-order valence-electron chi connectivity index (χ1n) is 6.32. The summed E-state index contributed by atoms with van der Waals surface area (Å²) in [6.07, 6.45) is 1.71. The van der Waals surface area contributed by atoms with E-state index in [2.05, 4.69) is 10.3 Å². The van der Waals surface area contributed by atoms with Gasteiger partial charge in [0, 0.05) is 23.5 Å². The molecule has 0 radical (unpaired) electrons. The van der Waals surface area contributed by atoms with Crippen molar-refractivity contribution in [3.05, 3.63) is 46.2 Å². The van der Waals surface area contributed by atoms with Crippen LogP contribution in [-0.4, -0.2) is 24.0 Å². The molecule has 4 N–H and O–H groups in total. The number of fused-ring (bicyclic) bond motifs is 1. The number of carbonyl (C=O) groups is 1. The molecule has 1 amide bonds. The van der Waals surface area contributed by atoms with E-state index in [1.54, 1.807) is 6.07 Å². The normalized spacial score (nSPS) is 10.6. The summed E-state index contributed by atoms with van der Waals surface area (Å²) in [5.41, 5.74) is 6.20. The molecule has 0 atom stereocenters. The fourth-order valence-electron chi connectivity index (χ4n) is 1.96. The molecule has 19 heavy (non-hydrogen) atoms. The molecule has 0 aliphatic rings. The predicted molar refractivity (Wildman–Crippen MR) is 75.2 cm³/mol. The average molecular weight is 259 g/mol. The molecule has 2 rings (SSSR count). The highest BCUT2D eigenvalue weighted by atomic mass is 16.2. The molecule has 1 aromatic heterocycles. The lowest BCUT2D eigenvalue weighted by Crippen LogP contribution is -2.26. The Morgan fingerprint density at radius 1 is 1.26 bits per heavy atom. The summed E-state index contributed by atoms with van der Waals surface area (Å²) in [7, 11) is 0. The van der Waals surface area contributed by atoms with Gasteiger partial charge < -0.3 is 16.0 Å². The topological polar surface area (TPSA) is 88.0 Å². The van der Waals surface area contributed by atoms with Gasteiger partial charge in [-0.3, -0.25) is 9.59 Å². The van der Waals surface area contributed by atoms with Crippen LogP contribution < -0.4 is 16.6 Å². The number of hydrogen-bond acceptors (Lipinski definition) is 3. The number of unbranched alkanes of at least 4 members (excludes halogenated alkanes) is 1. The molecule has 0 saturated heterocycles. The molecule has 100 valence electrons. The lowest BCUT2D eigenvalue weighted by atomic mass is 10.1. The van der Waals surface area contributed by atoms with Crippen molar-refractivity contribution in [2.45, 2.75) is 12.8 Å². The third-order valence-electron chi connectivity index (χ3n) is 2.91. The SMILES string of the molecule is NCCCCNC(=O)c1cc(=O)[nH]c2ccccc12. The summed E-state index contributed by atoms with van der Waals surface area (Å²) in [5.74, 6) is -0.223. The highest BCUT2D eigenvalue weighted by molar-refractivity contribution is 6.05. The van der Waals surface area contributed by atoms with E-state index in [1.165, 1.54) is 6.07 Å². The summed E-state index contributed by atoms with van der Waals surface area (Å²) in [5, 5.41) is 3.55. The Balaban J connectivity index is 2.24. The van der Waals surface area contributed by atoms with Crippen LogP contribution in [0.15, 0.2) is 35.1 Å². The Morgan fingerprint density at radius 3 is 2.84 bits per heavy atom. The molecule has 0 fully saturated rings. The van der Waals surface area contributed by atoms with E-state index < -0.39 is 0 Å². The van der Waals surface area contributed by atoms with E-state index in [-0.39, 0.29) is 11.5 Å². The largest absolute Gasteiger partial charge is 0.352 e. The van der Waals surface area contributed by atoms with Crippen LogP contribution in [0.1, 0.15) is 23.2 Å². The van der Waals surface area contributed by atoms with Crippen LogP contribution >= 0.6 is 0 Å². The lowest BCUT2D eigenvalue weighted by molar-refractivity contribution is 0.0954. The van der Waals surface area contributed by atoms with Gasteiger partial charge in [-0.25, -0.2) is 0 Å². The van der Waals surface area contributed by atoms with Crippen molar-refractivity contribution < 1.29 is 4.79 Å². The average Bonchev–Trinajstić information content (AvgIpc) is 2.42. The highest BCUT2D eigenvalue weighted by Crippen LogP contribution is 2.14. The quantitative estimate of drug-likeness (QED) is 0.700. The molecular weight excluding hydrogens is 242 g/mol. The van der Waals surface area contributed by atoms with Crippen molar-refractivity contribution in [2.24, 2.45) is 5.73 Å². The zero-order chi connectivity index (χ0) is 13.7. The van der Waals surface area contributed by atoms with E-state index in [9.17, 15) is 9.59 Å². The molecule has 5 heteroatoms. The van der Waals surface area contributed by atoms with Gasteiger partial charge in [-0.05, 0) is 25.5 Å². The highest BCUT2D eigenvalue weighted by Gasteiger charge is 2.10. The number of benzene rings is 1. The minimum atomic E-state index is -0.272. The van der Waals surface area contributed by atoms with Crippen molar-refractivity contribution in [3.8, 4) is 0 Å². The van der Waals surface area contributed by atoms with Crippen LogP contribution in [0.2, 0.25) is 0 Å². The molecule has 0 aliphatic carbocycles. The Kier molecular flexibility index (Phi) is 4.30. The summed E-state index contributed by atoms with van der Waals surface area (Å²) in [6.45, 7) is 1.18. The lowest BCUT2D eigenvalue weighted by Gasteiger charge is -2.07. The van der Waals surface area contributed by atoms with Gasteiger partial charge in [-0.15, -0.1) is 0 Å². The number of H-pyrrole nitrogens is 1. The van der Waals surface area contributed by atoms with Crippen LogP contribution in [-0.2, 0) is 0 Å². The first-order valence-corrected chi connectivity index (χ1v) is 6.32. The second-order valence-corrected chi connectivity index (χ2v) is 4.34. The van der Waals surface area contributed by atoms with Crippen molar-refractivity contribution in [1.82, 2.24) is 10.3 Å². The number of carbonyl (C=O) groups excluding carboxylic acids is 1. The van der Waals surface area contributed by atoms with Gasteiger partial charge in [0.1, 0.15) is 0 Å². The number of amides is 1. The monoisotopic (exact) mass is 259 g/mol. The van der Waals surface area contributed by atoms with Gasteiger partial charge in [0.15, 0.2) is 0 Å². The number of aromatic nitrogens is 1. The van der Waals surface area contributed by atoms with Crippen LogP contribution in [0, 0.1) is 0 Å². The van der Waals surface area contributed by atoms with Gasteiger partial charge >= 0.3 is 0 Å². The molecule has 1 heterocycles. The Bertz CT molecular complexity index is 634. The molecule has 0 spiro atoms. The van der Waals surface area contributed by atoms with Crippen LogP contribution in [0.25, 0.3) is 10.9 Å². The maximum absolute atomic E-state index is 12.1. The number of hydrogen-bond donors (Lipinski definition) is 3. The molecule has 0 aliphatic heterocycles. The third-order valence-corrected chi connectivity index (χ3v) is 2.91. The predicted octanol–water partition coefficient (Wildman–Crippen LogP) is 0.997. The molecule has 5 nitrogen and oxygen atoms in total. The van der Waals surface area contributed by atoms with Gasteiger partial charge in [-0.2, -0.15) is 0 Å². The van der Waals surface area contributed by atoms with Crippen LogP contribution in [0.4, 0.5) is 0 Å². The molecule has 1 aromatic carbocycles.